The SMILES string of the molecule is c1nc2c(-c3cn[nH]c3)ccc(-c3ccc(N(C4CC4)C4CC5CCC(C4)N5)nn3)c2s1. The number of fused-ring (bicyclic) bond motifs is 3. The van der Waals surface area contributed by atoms with Crippen LogP contribution in [0, 0.1) is 0 Å². The zero-order valence-electron chi connectivity index (χ0n) is 17.7. The van der Waals surface area contributed by atoms with Crippen LogP contribution < -0.4 is 10.2 Å². The smallest absolute Gasteiger partial charge is 0.151 e. The van der Waals surface area contributed by atoms with E-state index in [0.29, 0.717) is 24.2 Å². The van der Waals surface area contributed by atoms with Crippen molar-refractivity contribution >= 4 is 27.4 Å². The quantitative estimate of drug-likeness (QED) is 0.476. The van der Waals surface area contributed by atoms with Gasteiger partial charge in [-0.05, 0) is 50.7 Å². The summed E-state index contributed by atoms with van der Waals surface area (Å²) in [5, 5.41) is 20.2. The number of piperidine rings is 1. The summed E-state index contributed by atoms with van der Waals surface area (Å²) in [5.41, 5.74) is 7.02. The molecule has 2 aliphatic heterocycles. The van der Waals surface area contributed by atoms with Gasteiger partial charge in [0.15, 0.2) is 5.82 Å². The topological polar surface area (TPSA) is 82.6 Å². The number of anilines is 1. The first-order valence-electron chi connectivity index (χ1n) is 11.6. The summed E-state index contributed by atoms with van der Waals surface area (Å²) in [7, 11) is 0. The van der Waals surface area contributed by atoms with E-state index in [-0.39, 0.29) is 0 Å². The van der Waals surface area contributed by atoms with Crippen molar-refractivity contribution < 1.29 is 0 Å². The van der Waals surface area contributed by atoms with Crippen LogP contribution in [0.4, 0.5) is 5.82 Å². The van der Waals surface area contributed by atoms with E-state index in [9.17, 15) is 0 Å². The number of nitrogens with zero attached hydrogens (tertiary/aromatic N) is 5. The second-order valence-corrected chi connectivity index (χ2v) is 10.2. The van der Waals surface area contributed by atoms with Gasteiger partial charge in [0.1, 0.15) is 0 Å². The molecular formula is C24H25N7S. The standard InChI is InChI=1S/C24H25N7S/c1-2-16-10-18(9-15(1)28-16)31(17-3-4-17)22-8-7-21(29-30-22)20-6-5-19(14-11-26-27-12-14)23-24(20)32-13-25-23/h5-8,11-13,15-18,28H,1-4,9-10H2,(H,26,27). The Morgan fingerprint density at radius 3 is 2.47 bits per heavy atom. The lowest BCUT2D eigenvalue weighted by molar-refractivity contribution is 0.344. The molecule has 4 aromatic rings. The third-order valence-corrected chi connectivity index (χ3v) is 8.13. The van der Waals surface area contributed by atoms with Crippen LogP contribution in [0.15, 0.2) is 42.2 Å². The minimum atomic E-state index is 0.587. The lowest BCUT2D eigenvalue weighted by Crippen LogP contribution is -2.49. The molecule has 8 heteroatoms. The maximum Gasteiger partial charge on any atom is 0.151 e. The molecule has 2 N–H and O–H groups in total. The lowest BCUT2D eigenvalue weighted by atomic mass is 9.98. The number of hydrogen-bond donors (Lipinski definition) is 2. The van der Waals surface area contributed by atoms with Gasteiger partial charge in [0.05, 0.1) is 27.6 Å². The van der Waals surface area contributed by atoms with Crippen LogP contribution >= 0.6 is 11.3 Å². The number of benzene rings is 1. The number of nitrogens with one attached hydrogen (secondary N) is 2. The van der Waals surface area contributed by atoms with Crippen LogP contribution in [-0.2, 0) is 0 Å². The number of hydrogen-bond acceptors (Lipinski definition) is 7. The van der Waals surface area contributed by atoms with Crippen molar-refractivity contribution in [1.29, 1.82) is 0 Å². The lowest BCUT2D eigenvalue weighted by Gasteiger charge is -2.38. The second kappa shape index (κ2) is 7.35. The summed E-state index contributed by atoms with van der Waals surface area (Å²) in [4.78, 5) is 7.22. The molecule has 32 heavy (non-hydrogen) atoms. The highest BCUT2D eigenvalue weighted by molar-refractivity contribution is 7.17. The number of aromatic amines is 1. The third-order valence-electron chi connectivity index (χ3n) is 7.27. The number of H-pyrrole nitrogens is 1. The van der Waals surface area contributed by atoms with Gasteiger partial charge in [0.2, 0.25) is 0 Å². The molecule has 1 aromatic carbocycles. The average molecular weight is 444 g/mol. The van der Waals surface area contributed by atoms with E-state index in [1.54, 1.807) is 11.3 Å². The van der Waals surface area contributed by atoms with Gasteiger partial charge in [0.25, 0.3) is 0 Å². The van der Waals surface area contributed by atoms with E-state index < -0.39 is 0 Å². The van der Waals surface area contributed by atoms with Crippen LogP contribution in [0.5, 0.6) is 0 Å². The molecule has 3 fully saturated rings. The molecular weight excluding hydrogens is 418 g/mol. The van der Waals surface area contributed by atoms with E-state index >= 15 is 0 Å². The van der Waals surface area contributed by atoms with E-state index in [0.717, 1.165) is 38.4 Å². The molecule has 1 aliphatic carbocycles. The fourth-order valence-electron chi connectivity index (χ4n) is 5.67. The highest BCUT2D eigenvalue weighted by atomic mass is 32.1. The maximum absolute atomic E-state index is 4.75. The van der Waals surface area contributed by atoms with Gasteiger partial charge in [-0.2, -0.15) is 5.10 Å². The fourth-order valence-corrected chi connectivity index (χ4v) is 6.51. The van der Waals surface area contributed by atoms with Crippen molar-refractivity contribution in [1.82, 2.24) is 30.7 Å². The van der Waals surface area contributed by atoms with Crippen LogP contribution in [0.2, 0.25) is 0 Å². The van der Waals surface area contributed by atoms with Gasteiger partial charge in [-0.3, -0.25) is 5.10 Å². The Morgan fingerprint density at radius 1 is 0.906 bits per heavy atom. The summed E-state index contributed by atoms with van der Waals surface area (Å²) < 4.78 is 1.14. The zero-order valence-corrected chi connectivity index (χ0v) is 18.6. The van der Waals surface area contributed by atoms with Crippen molar-refractivity contribution in [2.24, 2.45) is 0 Å². The van der Waals surface area contributed by atoms with Crippen LogP contribution in [0.3, 0.4) is 0 Å². The third kappa shape index (κ3) is 3.12. The van der Waals surface area contributed by atoms with Crippen LogP contribution in [0.25, 0.3) is 32.6 Å². The van der Waals surface area contributed by atoms with Gasteiger partial charge in [-0.1, -0.05) is 12.1 Å². The molecule has 2 atom stereocenters. The van der Waals surface area contributed by atoms with Crippen molar-refractivity contribution in [2.75, 3.05) is 4.90 Å². The Morgan fingerprint density at radius 2 is 1.75 bits per heavy atom. The van der Waals surface area contributed by atoms with Gasteiger partial charge in [0, 0.05) is 47.1 Å². The summed E-state index contributed by atoms with van der Waals surface area (Å²) in [5.74, 6) is 1.04. The van der Waals surface area contributed by atoms with Gasteiger partial charge >= 0.3 is 0 Å². The van der Waals surface area contributed by atoms with E-state index in [1.807, 2.05) is 17.9 Å². The van der Waals surface area contributed by atoms with Crippen LogP contribution in [-0.4, -0.2) is 49.5 Å². The summed E-state index contributed by atoms with van der Waals surface area (Å²) >= 11 is 1.65. The first-order valence-corrected chi connectivity index (χ1v) is 12.5. The van der Waals surface area contributed by atoms with E-state index in [4.69, 9.17) is 10.2 Å². The molecule has 2 bridgehead atoms. The summed E-state index contributed by atoms with van der Waals surface area (Å²) in [6.07, 6.45) is 11.4. The summed E-state index contributed by atoms with van der Waals surface area (Å²) in [6.45, 7) is 0. The van der Waals surface area contributed by atoms with Gasteiger partial charge in [-0.15, -0.1) is 21.5 Å². The molecule has 5 heterocycles. The molecule has 2 saturated heterocycles. The molecule has 1 saturated carbocycles. The number of thiazole rings is 1. The Balaban J connectivity index is 1.22. The normalized spacial score (nSPS) is 24.8. The van der Waals surface area contributed by atoms with Crippen molar-refractivity contribution in [3.05, 3.63) is 42.2 Å². The van der Waals surface area contributed by atoms with Crippen molar-refractivity contribution in [3.8, 4) is 22.4 Å². The Bertz CT molecular complexity index is 1230. The predicted molar refractivity (Wildman–Crippen MR) is 127 cm³/mol. The molecule has 162 valence electrons. The largest absolute Gasteiger partial charge is 0.349 e. The molecule has 7 nitrogen and oxygen atoms in total. The number of aromatic nitrogens is 5. The Labute approximate surface area is 190 Å². The van der Waals surface area contributed by atoms with E-state index in [2.05, 4.69) is 49.7 Å². The first-order chi connectivity index (χ1) is 15.8. The summed E-state index contributed by atoms with van der Waals surface area (Å²) in [6, 6.07) is 11.2. The fraction of sp³-hybridized carbons (Fsp3) is 0.417. The molecule has 3 aliphatic rings. The van der Waals surface area contributed by atoms with Crippen LogP contribution in [0.1, 0.15) is 38.5 Å². The van der Waals surface area contributed by atoms with Crippen molar-refractivity contribution in [2.45, 2.75) is 62.7 Å². The zero-order chi connectivity index (χ0) is 21.1. The molecule has 3 aromatic heterocycles. The predicted octanol–water partition coefficient (Wildman–Crippen LogP) is 4.40. The van der Waals surface area contributed by atoms with E-state index in [1.165, 1.54) is 38.5 Å². The maximum atomic E-state index is 4.75. The monoisotopic (exact) mass is 443 g/mol. The minimum Gasteiger partial charge on any atom is -0.349 e. The average Bonchev–Trinajstić information content (AvgIpc) is 3.19. The highest BCUT2D eigenvalue weighted by Crippen LogP contribution is 2.40. The molecule has 0 amide bonds. The molecule has 2 unspecified atom stereocenters. The van der Waals surface area contributed by atoms with Crippen molar-refractivity contribution in [3.63, 3.8) is 0 Å². The molecule has 7 rings (SSSR count). The Hall–Kier alpha value is -2.84. The van der Waals surface area contributed by atoms with Gasteiger partial charge < -0.3 is 10.2 Å². The minimum absolute atomic E-state index is 0.587. The second-order valence-electron chi connectivity index (χ2n) is 9.36. The molecule has 0 spiro atoms. The first kappa shape index (κ1) is 18.7. The Kier molecular flexibility index (Phi) is 4.30. The highest BCUT2D eigenvalue weighted by Gasteiger charge is 2.41. The van der Waals surface area contributed by atoms with Gasteiger partial charge in [-0.25, -0.2) is 4.98 Å². The number of rotatable bonds is 5. The molecule has 0 radical (unpaired) electrons.